The number of allylic oxidation sites excluding steroid dienone is 1. The average Bonchev–Trinajstić information content (AvgIpc) is 2.53. The van der Waals surface area contributed by atoms with Crippen molar-refractivity contribution >= 4 is 23.6 Å². The van der Waals surface area contributed by atoms with Gasteiger partial charge in [0.15, 0.2) is 5.78 Å². The first-order valence-corrected chi connectivity index (χ1v) is 7.80. The molecule has 0 aromatic heterocycles. The van der Waals surface area contributed by atoms with Crippen LogP contribution in [-0.4, -0.2) is 18.7 Å². The molecule has 0 saturated heterocycles. The summed E-state index contributed by atoms with van der Waals surface area (Å²) in [7, 11) is 1.39. The van der Waals surface area contributed by atoms with Gasteiger partial charge in [0.1, 0.15) is 5.75 Å². The van der Waals surface area contributed by atoms with Crippen molar-refractivity contribution in [3.63, 3.8) is 0 Å². The standard InChI is InChI=1S/C18H16F2O2S/c1-12-5-3-4-6-13(12)7-9-15(21)14-8-10-17(23-18(19)20)16(11-14)22-2/h3-11,18H,1-2H3/b9-7+. The Kier molecular flexibility index (Phi) is 5.93. The number of thioether (sulfide) groups is 1. The highest BCUT2D eigenvalue weighted by molar-refractivity contribution is 7.99. The number of halogens is 2. The molecule has 120 valence electrons. The molecule has 23 heavy (non-hydrogen) atoms. The first-order chi connectivity index (χ1) is 11.0. The second-order valence-electron chi connectivity index (χ2n) is 4.80. The van der Waals surface area contributed by atoms with Crippen LogP contribution in [0.4, 0.5) is 8.78 Å². The van der Waals surface area contributed by atoms with E-state index in [1.165, 1.54) is 31.4 Å². The Balaban J connectivity index is 2.21. The lowest BCUT2D eigenvalue weighted by Gasteiger charge is -2.08. The maximum Gasteiger partial charge on any atom is 0.289 e. The van der Waals surface area contributed by atoms with Crippen molar-refractivity contribution in [3.05, 3.63) is 65.2 Å². The van der Waals surface area contributed by atoms with Gasteiger partial charge in [0.25, 0.3) is 5.76 Å². The van der Waals surface area contributed by atoms with Gasteiger partial charge in [0.2, 0.25) is 0 Å². The summed E-state index contributed by atoms with van der Waals surface area (Å²) in [5.74, 6) is -2.48. The molecular weight excluding hydrogens is 318 g/mol. The summed E-state index contributed by atoms with van der Waals surface area (Å²) in [6, 6.07) is 12.2. The zero-order valence-electron chi connectivity index (χ0n) is 12.8. The first-order valence-electron chi connectivity index (χ1n) is 6.92. The zero-order valence-corrected chi connectivity index (χ0v) is 13.6. The second-order valence-corrected chi connectivity index (χ2v) is 5.83. The highest BCUT2D eigenvalue weighted by atomic mass is 32.2. The molecule has 0 aliphatic heterocycles. The van der Waals surface area contributed by atoms with E-state index in [0.29, 0.717) is 22.2 Å². The molecule has 0 bridgehead atoms. The van der Waals surface area contributed by atoms with Crippen LogP contribution < -0.4 is 4.74 Å². The Morgan fingerprint density at radius 3 is 2.61 bits per heavy atom. The lowest BCUT2D eigenvalue weighted by molar-refractivity contribution is 0.104. The minimum atomic E-state index is -2.54. The van der Waals surface area contributed by atoms with E-state index in [1.807, 2.05) is 31.2 Å². The molecule has 0 radical (unpaired) electrons. The predicted octanol–water partition coefficient (Wildman–Crippen LogP) is 5.21. The zero-order chi connectivity index (χ0) is 16.8. The number of aryl methyl sites for hydroxylation is 1. The van der Waals surface area contributed by atoms with Crippen LogP contribution in [0.15, 0.2) is 53.4 Å². The number of carbonyl (C=O) groups excluding carboxylic acids is 1. The van der Waals surface area contributed by atoms with Crippen LogP contribution in [0.25, 0.3) is 6.08 Å². The maximum absolute atomic E-state index is 12.5. The van der Waals surface area contributed by atoms with E-state index in [2.05, 4.69) is 0 Å². The molecule has 2 aromatic carbocycles. The summed E-state index contributed by atoms with van der Waals surface area (Å²) in [5, 5.41) is 0. The maximum atomic E-state index is 12.5. The third-order valence-corrected chi connectivity index (χ3v) is 4.04. The van der Waals surface area contributed by atoms with Gasteiger partial charge in [-0.1, -0.05) is 42.1 Å². The third kappa shape index (κ3) is 4.66. The van der Waals surface area contributed by atoms with Crippen molar-refractivity contribution in [1.29, 1.82) is 0 Å². The molecule has 0 aliphatic carbocycles. The van der Waals surface area contributed by atoms with Gasteiger partial charge >= 0.3 is 0 Å². The van der Waals surface area contributed by atoms with Gasteiger partial charge in [-0.15, -0.1) is 0 Å². The Hall–Kier alpha value is -2.14. The number of rotatable bonds is 6. The van der Waals surface area contributed by atoms with Crippen LogP contribution in [0, 0.1) is 6.92 Å². The van der Waals surface area contributed by atoms with Crippen LogP contribution in [0.2, 0.25) is 0 Å². The molecule has 0 unspecified atom stereocenters. The van der Waals surface area contributed by atoms with Gasteiger partial charge in [-0.3, -0.25) is 4.79 Å². The summed E-state index contributed by atoms with van der Waals surface area (Å²) < 4.78 is 30.0. The van der Waals surface area contributed by atoms with Crippen molar-refractivity contribution in [2.75, 3.05) is 7.11 Å². The smallest absolute Gasteiger partial charge is 0.289 e. The fraction of sp³-hybridized carbons (Fsp3) is 0.167. The molecule has 0 heterocycles. The van der Waals surface area contributed by atoms with Gasteiger partial charge in [0, 0.05) is 5.56 Å². The van der Waals surface area contributed by atoms with Gasteiger partial charge in [0.05, 0.1) is 12.0 Å². The van der Waals surface area contributed by atoms with Crippen molar-refractivity contribution in [2.24, 2.45) is 0 Å². The molecule has 0 aliphatic rings. The molecule has 0 amide bonds. The van der Waals surface area contributed by atoms with Crippen molar-refractivity contribution in [3.8, 4) is 5.75 Å². The number of ether oxygens (including phenoxy) is 1. The first kappa shape index (κ1) is 17.2. The van der Waals surface area contributed by atoms with Crippen molar-refractivity contribution in [2.45, 2.75) is 17.6 Å². The molecule has 2 aromatic rings. The van der Waals surface area contributed by atoms with E-state index in [4.69, 9.17) is 4.74 Å². The van der Waals surface area contributed by atoms with E-state index in [-0.39, 0.29) is 11.5 Å². The molecule has 0 spiro atoms. The molecule has 0 atom stereocenters. The summed E-state index contributed by atoms with van der Waals surface area (Å²) in [6.45, 7) is 1.96. The highest BCUT2D eigenvalue weighted by Gasteiger charge is 2.13. The predicted molar refractivity (Wildman–Crippen MR) is 89.4 cm³/mol. The van der Waals surface area contributed by atoms with Crippen LogP contribution in [0.3, 0.4) is 0 Å². The number of hydrogen-bond acceptors (Lipinski definition) is 3. The summed E-state index contributed by atoms with van der Waals surface area (Å²) >= 11 is 0.395. The van der Waals surface area contributed by atoms with Crippen molar-refractivity contribution < 1.29 is 18.3 Å². The second kappa shape index (κ2) is 7.92. The van der Waals surface area contributed by atoms with E-state index in [0.717, 1.165) is 11.1 Å². The van der Waals surface area contributed by atoms with Gasteiger partial charge in [-0.2, -0.15) is 8.78 Å². The number of ketones is 1. The fourth-order valence-corrected chi connectivity index (χ4v) is 2.65. The molecular formula is C18H16F2O2S. The minimum absolute atomic E-state index is 0.208. The summed E-state index contributed by atoms with van der Waals surface area (Å²) in [4.78, 5) is 12.5. The van der Waals surface area contributed by atoms with E-state index in [9.17, 15) is 13.6 Å². The summed E-state index contributed by atoms with van der Waals surface area (Å²) in [6.07, 6.45) is 3.21. The molecule has 5 heteroatoms. The number of hydrogen-bond donors (Lipinski definition) is 0. The van der Waals surface area contributed by atoms with Gasteiger partial charge < -0.3 is 4.74 Å². The SMILES string of the molecule is COc1cc(C(=O)/C=C/c2ccccc2C)ccc1SC(F)F. The topological polar surface area (TPSA) is 26.3 Å². The van der Waals surface area contributed by atoms with E-state index in [1.54, 1.807) is 6.08 Å². The molecule has 0 N–H and O–H groups in total. The molecule has 0 saturated carbocycles. The van der Waals surface area contributed by atoms with Crippen LogP contribution in [0.1, 0.15) is 21.5 Å². The number of alkyl halides is 2. The quantitative estimate of drug-likeness (QED) is 0.412. The monoisotopic (exact) mass is 334 g/mol. The normalized spacial score (nSPS) is 11.2. The lowest BCUT2D eigenvalue weighted by atomic mass is 10.1. The number of methoxy groups -OCH3 is 1. The number of carbonyl (C=O) groups is 1. The Morgan fingerprint density at radius 1 is 1.22 bits per heavy atom. The van der Waals surface area contributed by atoms with Crippen molar-refractivity contribution in [1.82, 2.24) is 0 Å². The Labute approximate surface area is 138 Å². The average molecular weight is 334 g/mol. The minimum Gasteiger partial charge on any atom is -0.496 e. The number of benzene rings is 2. The highest BCUT2D eigenvalue weighted by Crippen LogP contribution is 2.34. The Morgan fingerprint density at radius 2 is 1.96 bits per heavy atom. The molecule has 0 fully saturated rings. The molecule has 2 nitrogen and oxygen atoms in total. The van der Waals surface area contributed by atoms with E-state index >= 15 is 0 Å². The van der Waals surface area contributed by atoms with Crippen LogP contribution in [0.5, 0.6) is 5.75 Å². The lowest BCUT2D eigenvalue weighted by Crippen LogP contribution is -1.97. The van der Waals surface area contributed by atoms with Crippen LogP contribution >= 0.6 is 11.8 Å². The van der Waals surface area contributed by atoms with Gasteiger partial charge in [-0.25, -0.2) is 0 Å². The van der Waals surface area contributed by atoms with Gasteiger partial charge in [-0.05, 0) is 42.3 Å². The molecule has 2 rings (SSSR count). The van der Waals surface area contributed by atoms with E-state index < -0.39 is 5.76 Å². The largest absolute Gasteiger partial charge is 0.496 e. The summed E-state index contributed by atoms with van der Waals surface area (Å²) in [5.41, 5.74) is 2.42. The van der Waals surface area contributed by atoms with Crippen LogP contribution in [-0.2, 0) is 0 Å². The fourth-order valence-electron chi connectivity index (χ4n) is 2.05. The third-order valence-electron chi connectivity index (χ3n) is 3.27. The Bertz CT molecular complexity index is 727.